The number of nitrogens with one attached hydrogen (secondary N) is 4. The predicted molar refractivity (Wildman–Crippen MR) is 269 cm³/mol. The molecule has 11 rings (SSSR count). The quantitative estimate of drug-likeness (QED) is 0.1000. The fourth-order valence-corrected chi connectivity index (χ4v) is 13.9. The van der Waals surface area contributed by atoms with Gasteiger partial charge in [0.2, 0.25) is 11.8 Å². The van der Waals surface area contributed by atoms with Crippen LogP contribution in [0, 0.1) is 29.1 Å². The van der Waals surface area contributed by atoms with Crippen molar-refractivity contribution in [1.82, 2.24) is 40.4 Å². The van der Waals surface area contributed by atoms with Crippen LogP contribution in [-0.4, -0.2) is 92.1 Å². The molecule has 1 spiro atoms. The number of alkyl carbamates (subject to hydrolysis) is 2. The Labute approximate surface area is 414 Å². The van der Waals surface area contributed by atoms with Gasteiger partial charge >= 0.3 is 12.2 Å². The topological polar surface area (TPSA) is 192 Å². The van der Waals surface area contributed by atoms with Crippen molar-refractivity contribution in [3.8, 4) is 33.5 Å². The lowest BCUT2D eigenvalue weighted by Gasteiger charge is -2.37. The third-order valence-corrected chi connectivity index (χ3v) is 17.4. The molecule has 4 bridgehead atoms. The minimum Gasteiger partial charge on any atom is -0.453 e. The second-order valence-corrected chi connectivity index (χ2v) is 22.2. The first-order chi connectivity index (χ1) is 34.2. The highest BCUT2D eigenvalue weighted by Gasteiger charge is 2.53. The minimum absolute atomic E-state index is 0.0175. The molecular formula is C56H66N8O7. The Morgan fingerprint density at radius 1 is 0.676 bits per heavy atom. The molecule has 8 atom stereocenters. The van der Waals surface area contributed by atoms with Crippen LogP contribution in [0.5, 0.6) is 0 Å². The first-order valence-corrected chi connectivity index (χ1v) is 25.9. The van der Waals surface area contributed by atoms with Gasteiger partial charge < -0.3 is 39.9 Å². The number of ether oxygens (including phenoxy) is 2. The van der Waals surface area contributed by atoms with E-state index in [0.717, 1.165) is 85.1 Å². The third-order valence-electron chi connectivity index (χ3n) is 17.4. The summed E-state index contributed by atoms with van der Waals surface area (Å²) >= 11 is 0. The molecule has 15 nitrogen and oxygen atoms in total. The number of hydrogen-bond donors (Lipinski definition) is 4. The largest absolute Gasteiger partial charge is 0.453 e. The molecule has 3 aromatic carbocycles. The van der Waals surface area contributed by atoms with Crippen molar-refractivity contribution in [3.63, 3.8) is 0 Å². The number of H-pyrrole nitrogens is 2. The van der Waals surface area contributed by atoms with Gasteiger partial charge in [0.1, 0.15) is 23.7 Å². The summed E-state index contributed by atoms with van der Waals surface area (Å²) in [5.41, 5.74) is 9.75. The zero-order chi connectivity index (χ0) is 49.5. The number of likely N-dealkylation sites (tertiary alicyclic amines) is 2. The number of aromatic amines is 2. The summed E-state index contributed by atoms with van der Waals surface area (Å²) in [4.78, 5) is 87.5. The summed E-state index contributed by atoms with van der Waals surface area (Å²) < 4.78 is 9.72. The molecule has 4 heterocycles. The zero-order valence-electron chi connectivity index (χ0n) is 41.7. The first kappa shape index (κ1) is 46.8. The van der Waals surface area contributed by atoms with Crippen LogP contribution in [-0.2, 0) is 31.9 Å². The zero-order valence-corrected chi connectivity index (χ0v) is 41.7. The number of benzene rings is 3. The standard InChI is InChI=1S/C56H66N8O7/c1-29(2)45(60-54(68)70-5)52(66)63-36-16-13-34(23-36)47(63)49-57-28-44(59-49)32-11-9-31(10-12-32)38-18-19-39(42-27-56(26-41(38)42)21-7-8-22-56)33-15-20-43-40(25-33)51(65)62-50(58-43)48-35-14-17-37(24-35)64(48)53(67)46(30(3)4)61-55(69)71-6/h9-12,15,18-20,25,28-30,34-37,45-48H,7-8,13-14,16-17,21-24,26-27H2,1-6H3,(H,57,59)(H,60,68)(H,61,69)(H,58,62,65)/t34-,35-,36+,37+,45?,46+,47-,48-/m0/s1. The van der Waals surface area contributed by atoms with Crippen LogP contribution in [0.4, 0.5) is 9.59 Å². The van der Waals surface area contributed by atoms with Crippen LogP contribution in [0.1, 0.15) is 127 Å². The SMILES string of the molecule is COC(=O)NC(C(=O)N1[C@@H]2CC[C@@H](C2)[C@H]1c1ncc(-c2ccc(-c3ccc(-c4ccc5nc([C@@H]6[C@H]7CC[C@H](C7)N6C(=O)[C@H](NC(=O)OC)C(C)C)[nH]c(=O)c5c4)c4c3CC3(CCCC3)C4)cc2)[nH]1)C(C)C. The number of imidazole rings is 1. The van der Waals surface area contributed by atoms with Crippen molar-refractivity contribution in [2.75, 3.05) is 14.2 Å². The normalized spacial score (nSPS) is 24.6. The number of fused-ring (bicyclic) bond motifs is 6. The Kier molecular flexibility index (Phi) is 12.1. The number of rotatable bonds is 11. The van der Waals surface area contributed by atoms with E-state index in [1.165, 1.54) is 56.6 Å². The molecular weight excluding hydrogens is 897 g/mol. The lowest BCUT2D eigenvalue weighted by molar-refractivity contribution is -0.140. The summed E-state index contributed by atoms with van der Waals surface area (Å²) in [7, 11) is 2.60. The third kappa shape index (κ3) is 8.16. The number of carbonyl (C=O) groups excluding carboxylic acids is 4. The first-order valence-electron chi connectivity index (χ1n) is 25.9. The molecule has 5 fully saturated rings. The molecule has 372 valence electrons. The molecule has 0 radical (unpaired) electrons. The smallest absolute Gasteiger partial charge is 0.407 e. The van der Waals surface area contributed by atoms with Crippen molar-refractivity contribution in [1.29, 1.82) is 0 Å². The average molecular weight is 963 g/mol. The lowest BCUT2D eigenvalue weighted by Crippen LogP contribution is -2.54. The maximum absolute atomic E-state index is 14.2. The van der Waals surface area contributed by atoms with E-state index in [9.17, 15) is 24.0 Å². The van der Waals surface area contributed by atoms with E-state index in [1.807, 2.05) is 55.8 Å². The van der Waals surface area contributed by atoms with Gasteiger partial charge in [0.05, 0.1) is 49.1 Å². The van der Waals surface area contributed by atoms with Crippen molar-refractivity contribution in [3.05, 3.63) is 93.9 Å². The van der Waals surface area contributed by atoms with Gasteiger partial charge in [-0.2, -0.15) is 0 Å². The number of amides is 4. The van der Waals surface area contributed by atoms with E-state index in [0.29, 0.717) is 22.6 Å². The van der Waals surface area contributed by atoms with Gasteiger partial charge in [0.25, 0.3) is 5.56 Å². The maximum atomic E-state index is 14.2. The number of carbonyl (C=O) groups is 4. The molecule has 2 aliphatic heterocycles. The fraction of sp³-hybridized carbons (Fsp3) is 0.518. The molecule has 4 amide bonds. The van der Waals surface area contributed by atoms with E-state index in [-0.39, 0.29) is 64.7 Å². The molecule has 6 aliphatic rings. The van der Waals surface area contributed by atoms with Crippen LogP contribution in [0.15, 0.2) is 65.6 Å². The van der Waals surface area contributed by atoms with E-state index < -0.39 is 24.3 Å². The molecule has 2 saturated heterocycles. The number of aromatic nitrogens is 4. The predicted octanol–water partition coefficient (Wildman–Crippen LogP) is 9.17. The number of piperidine rings is 2. The van der Waals surface area contributed by atoms with Gasteiger partial charge in [-0.15, -0.1) is 0 Å². The Hall–Kier alpha value is -6.51. The highest BCUT2D eigenvalue weighted by atomic mass is 16.5. The van der Waals surface area contributed by atoms with Crippen LogP contribution < -0.4 is 16.2 Å². The Balaban J connectivity index is 0.869. The summed E-state index contributed by atoms with van der Waals surface area (Å²) in [5, 5.41) is 6.04. The second kappa shape index (κ2) is 18.3. The molecule has 1 unspecified atom stereocenters. The average Bonchev–Trinajstić information content (AvgIpc) is 4.26. The minimum atomic E-state index is -0.765. The van der Waals surface area contributed by atoms with E-state index >= 15 is 0 Å². The lowest BCUT2D eigenvalue weighted by atomic mass is 9.82. The Morgan fingerprint density at radius 2 is 1.20 bits per heavy atom. The highest BCUT2D eigenvalue weighted by Crippen LogP contribution is 2.54. The Morgan fingerprint density at radius 3 is 1.75 bits per heavy atom. The Bertz CT molecular complexity index is 2970. The molecule has 71 heavy (non-hydrogen) atoms. The van der Waals surface area contributed by atoms with Gasteiger partial charge in [-0.05, 0) is 144 Å². The molecule has 4 aliphatic carbocycles. The van der Waals surface area contributed by atoms with Gasteiger partial charge in [-0.3, -0.25) is 14.4 Å². The second-order valence-electron chi connectivity index (χ2n) is 22.2. The summed E-state index contributed by atoms with van der Waals surface area (Å²) in [5.74, 6) is 1.19. The van der Waals surface area contributed by atoms with Crippen molar-refractivity contribution in [2.45, 2.75) is 141 Å². The summed E-state index contributed by atoms with van der Waals surface area (Å²) in [6.45, 7) is 7.68. The molecule has 4 N–H and O–H groups in total. The van der Waals surface area contributed by atoms with Gasteiger partial charge in [0.15, 0.2) is 0 Å². The van der Waals surface area contributed by atoms with Gasteiger partial charge in [-0.1, -0.05) is 83.0 Å². The van der Waals surface area contributed by atoms with Crippen LogP contribution >= 0.6 is 0 Å². The van der Waals surface area contributed by atoms with Crippen LogP contribution in [0.3, 0.4) is 0 Å². The van der Waals surface area contributed by atoms with Crippen LogP contribution in [0.2, 0.25) is 0 Å². The van der Waals surface area contributed by atoms with Gasteiger partial charge in [-0.25, -0.2) is 19.6 Å². The molecule has 3 saturated carbocycles. The maximum Gasteiger partial charge on any atom is 0.407 e. The molecule has 5 aromatic rings. The number of hydrogen-bond acceptors (Lipinski definition) is 9. The number of nitrogens with zero attached hydrogens (tertiary/aromatic N) is 4. The van der Waals surface area contributed by atoms with Crippen molar-refractivity contribution in [2.24, 2.45) is 29.1 Å². The summed E-state index contributed by atoms with van der Waals surface area (Å²) in [6.07, 6.45) is 13.1. The number of methoxy groups -OCH3 is 2. The van der Waals surface area contributed by atoms with Crippen molar-refractivity contribution >= 4 is 34.9 Å². The van der Waals surface area contributed by atoms with E-state index in [4.69, 9.17) is 19.4 Å². The monoisotopic (exact) mass is 963 g/mol. The fourth-order valence-electron chi connectivity index (χ4n) is 13.9. The van der Waals surface area contributed by atoms with Crippen LogP contribution in [0.25, 0.3) is 44.4 Å². The van der Waals surface area contributed by atoms with E-state index in [2.05, 4.69) is 63.1 Å². The molecule has 15 heteroatoms. The van der Waals surface area contributed by atoms with Gasteiger partial charge in [0, 0.05) is 12.1 Å². The summed E-state index contributed by atoms with van der Waals surface area (Å²) in [6, 6.07) is 17.3. The highest BCUT2D eigenvalue weighted by molar-refractivity contribution is 5.89. The van der Waals surface area contributed by atoms with E-state index in [1.54, 1.807) is 0 Å². The van der Waals surface area contributed by atoms with Crippen molar-refractivity contribution < 1.29 is 28.7 Å². The molecule has 2 aromatic heterocycles.